The molecule has 0 bridgehead atoms. The second kappa shape index (κ2) is 7.44. The first-order chi connectivity index (χ1) is 13.5. The summed E-state index contributed by atoms with van der Waals surface area (Å²) in [5.74, 6) is 0.583. The van der Waals surface area contributed by atoms with Gasteiger partial charge in [0.2, 0.25) is 0 Å². The van der Waals surface area contributed by atoms with E-state index in [0.29, 0.717) is 30.8 Å². The number of carbonyl (C=O) groups excluding carboxylic acids is 2. The molecule has 144 valence electrons. The fraction of sp³-hybridized carbons (Fsp3) is 0.286. The van der Waals surface area contributed by atoms with Crippen LogP contribution in [0.3, 0.4) is 0 Å². The van der Waals surface area contributed by atoms with Gasteiger partial charge in [-0.1, -0.05) is 18.2 Å². The van der Waals surface area contributed by atoms with Crippen molar-refractivity contribution in [3.05, 3.63) is 53.6 Å². The van der Waals surface area contributed by atoms with Gasteiger partial charge < -0.3 is 20.1 Å². The Morgan fingerprint density at radius 2 is 2.07 bits per heavy atom. The summed E-state index contributed by atoms with van der Waals surface area (Å²) in [6.45, 7) is 2.54. The summed E-state index contributed by atoms with van der Waals surface area (Å²) in [6, 6.07) is 13.0. The van der Waals surface area contributed by atoms with Gasteiger partial charge in [0.15, 0.2) is 0 Å². The third-order valence-corrected chi connectivity index (χ3v) is 4.86. The molecule has 0 fully saturated rings. The average molecular weight is 377 g/mol. The van der Waals surface area contributed by atoms with Crippen LogP contribution in [0.1, 0.15) is 20.7 Å². The van der Waals surface area contributed by atoms with Crippen molar-refractivity contribution in [2.75, 3.05) is 33.7 Å². The van der Waals surface area contributed by atoms with E-state index in [1.807, 2.05) is 55.4 Å². The fourth-order valence-corrected chi connectivity index (χ4v) is 3.48. The molecule has 0 aliphatic carbocycles. The van der Waals surface area contributed by atoms with Crippen molar-refractivity contribution in [3.63, 3.8) is 0 Å². The number of hydrogen-bond donors (Lipinski definition) is 2. The van der Waals surface area contributed by atoms with Crippen LogP contribution in [0.15, 0.2) is 42.5 Å². The van der Waals surface area contributed by atoms with Gasteiger partial charge in [0.25, 0.3) is 11.8 Å². The molecule has 2 amide bonds. The lowest BCUT2D eigenvalue weighted by atomic mass is 10.1. The molecule has 2 N–H and O–H groups in total. The van der Waals surface area contributed by atoms with Gasteiger partial charge in [-0.05, 0) is 38.4 Å². The number of carbonyl (C=O) groups is 2. The Morgan fingerprint density at radius 1 is 1.25 bits per heavy atom. The normalized spacial score (nSPS) is 13.5. The SMILES string of the molecule is CN(C)CCNC(=O)c1cccc(-c2nc3cccc4c3n2CCNC4=O)c1. The van der Waals surface area contributed by atoms with Gasteiger partial charge in [-0.2, -0.15) is 0 Å². The molecule has 0 saturated heterocycles. The quantitative estimate of drug-likeness (QED) is 0.710. The van der Waals surface area contributed by atoms with Crippen LogP contribution in [0.5, 0.6) is 0 Å². The molecular formula is C21H23N5O2. The first-order valence-electron chi connectivity index (χ1n) is 9.35. The zero-order chi connectivity index (χ0) is 19.7. The number of rotatable bonds is 5. The minimum Gasteiger partial charge on any atom is -0.351 e. The molecule has 1 aliphatic heterocycles. The van der Waals surface area contributed by atoms with Crippen LogP contribution in [-0.4, -0.2) is 60.0 Å². The van der Waals surface area contributed by atoms with Crippen LogP contribution in [0.4, 0.5) is 0 Å². The number of aromatic nitrogens is 2. The number of imidazole rings is 1. The van der Waals surface area contributed by atoms with Crippen LogP contribution in [0.2, 0.25) is 0 Å². The van der Waals surface area contributed by atoms with Gasteiger partial charge in [0.05, 0.1) is 16.6 Å². The van der Waals surface area contributed by atoms with Gasteiger partial charge in [-0.25, -0.2) is 4.98 Å². The Morgan fingerprint density at radius 3 is 2.89 bits per heavy atom. The molecule has 2 heterocycles. The van der Waals surface area contributed by atoms with Crippen LogP contribution in [0, 0.1) is 0 Å². The summed E-state index contributed by atoms with van der Waals surface area (Å²) in [5, 5.41) is 5.86. The molecule has 0 saturated carbocycles. The average Bonchev–Trinajstić information content (AvgIpc) is 2.97. The highest BCUT2D eigenvalue weighted by molar-refractivity contribution is 6.06. The van der Waals surface area contributed by atoms with E-state index < -0.39 is 0 Å². The number of amides is 2. The second-order valence-electron chi connectivity index (χ2n) is 7.16. The van der Waals surface area contributed by atoms with E-state index in [2.05, 4.69) is 15.2 Å². The number of nitrogens with zero attached hydrogens (tertiary/aromatic N) is 3. The van der Waals surface area contributed by atoms with E-state index in [-0.39, 0.29) is 11.8 Å². The third-order valence-electron chi connectivity index (χ3n) is 4.86. The Balaban J connectivity index is 1.71. The van der Waals surface area contributed by atoms with Crippen molar-refractivity contribution >= 4 is 22.8 Å². The standard InChI is InChI=1S/C21H23N5O2/c1-25(2)11-9-22-20(27)15-6-3-5-14(13-15)19-24-17-8-4-7-16-18(17)26(19)12-10-23-21(16)28/h3-8,13H,9-12H2,1-2H3,(H,22,27)(H,23,28). The van der Waals surface area contributed by atoms with Gasteiger partial charge in [0, 0.05) is 37.3 Å². The molecule has 28 heavy (non-hydrogen) atoms. The summed E-state index contributed by atoms with van der Waals surface area (Å²) in [6.07, 6.45) is 0. The number of benzene rings is 2. The summed E-state index contributed by atoms with van der Waals surface area (Å²) >= 11 is 0. The first-order valence-corrected chi connectivity index (χ1v) is 9.35. The predicted octanol–water partition coefficient (Wildman–Crippen LogP) is 1.74. The van der Waals surface area contributed by atoms with Crippen molar-refractivity contribution in [1.82, 2.24) is 25.1 Å². The zero-order valence-electron chi connectivity index (χ0n) is 16.0. The Labute approximate surface area is 163 Å². The molecule has 2 aromatic carbocycles. The van der Waals surface area contributed by atoms with Crippen molar-refractivity contribution in [3.8, 4) is 11.4 Å². The lowest BCUT2D eigenvalue weighted by molar-refractivity contribution is 0.0945. The van der Waals surface area contributed by atoms with Crippen LogP contribution in [0.25, 0.3) is 22.4 Å². The Hall–Kier alpha value is -3.19. The number of para-hydroxylation sites is 1. The highest BCUT2D eigenvalue weighted by Gasteiger charge is 2.22. The minimum atomic E-state index is -0.104. The molecule has 7 heteroatoms. The monoisotopic (exact) mass is 377 g/mol. The van der Waals surface area contributed by atoms with Crippen molar-refractivity contribution in [2.45, 2.75) is 6.54 Å². The summed E-state index contributed by atoms with van der Waals surface area (Å²) < 4.78 is 2.06. The van der Waals surface area contributed by atoms with E-state index >= 15 is 0 Å². The van der Waals surface area contributed by atoms with E-state index in [1.54, 1.807) is 6.07 Å². The molecule has 3 aromatic rings. The largest absolute Gasteiger partial charge is 0.351 e. The van der Waals surface area contributed by atoms with E-state index in [1.165, 1.54) is 0 Å². The molecule has 4 rings (SSSR count). The van der Waals surface area contributed by atoms with Crippen LogP contribution < -0.4 is 10.6 Å². The van der Waals surface area contributed by atoms with Crippen molar-refractivity contribution < 1.29 is 9.59 Å². The molecule has 0 radical (unpaired) electrons. The minimum absolute atomic E-state index is 0.0789. The lowest BCUT2D eigenvalue weighted by Gasteiger charge is -2.11. The smallest absolute Gasteiger partial charge is 0.253 e. The highest BCUT2D eigenvalue weighted by Crippen LogP contribution is 2.28. The van der Waals surface area contributed by atoms with E-state index in [4.69, 9.17) is 4.98 Å². The van der Waals surface area contributed by atoms with E-state index in [9.17, 15) is 9.59 Å². The van der Waals surface area contributed by atoms with Gasteiger partial charge in [-0.15, -0.1) is 0 Å². The molecule has 0 atom stereocenters. The first kappa shape index (κ1) is 18.2. The molecule has 7 nitrogen and oxygen atoms in total. The van der Waals surface area contributed by atoms with Crippen molar-refractivity contribution in [2.24, 2.45) is 0 Å². The molecule has 0 spiro atoms. The molecule has 0 unspecified atom stereocenters. The fourth-order valence-electron chi connectivity index (χ4n) is 3.48. The molecule has 1 aliphatic rings. The summed E-state index contributed by atoms with van der Waals surface area (Å²) in [4.78, 5) is 31.6. The second-order valence-corrected chi connectivity index (χ2v) is 7.16. The van der Waals surface area contributed by atoms with Crippen LogP contribution in [-0.2, 0) is 6.54 Å². The number of hydrogen-bond acceptors (Lipinski definition) is 4. The summed E-state index contributed by atoms with van der Waals surface area (Å²) in [7, 11) is 3.94. The third kappa shape index (κ3) is 3.36. The number of nitrogens with one attached hydrogen (secondary N) is 2. The Kier molecular flexibility index (Phi) is 4.83. The van der Waals surface area contributed by atoms with Gasteiger partial charge >= 0.3 is 0 Å². The van der Waals surface area contributed by atoms with E-state index in [0.717, 1.165) is 29.0 Å². The maximum absolute atomic E-state index is 12.5. The lowest BCUT2D eigenvalue weighted by Crippen LogP contribution is -2.31. The topological polar surface area (TPSA) is 79.3 Å². The molecule has 1 aromatic heterocycles. The van der Waals surface area contributed by atoms with Crippen molar-refractivity contribution in [1.29, 1.82) is 0 Å². The Bertz CT molecular complexity index is 1050. The maximum Gasteiger partial charge on any atom is 0.253 e. The maximum atomic E-state index is 12.5. The van der Waals surface area contributed by atoms with Crippen LogP contribution >= 0.6 is 0 Å². The highest BCUT2D eigenvalue weighted by atomic mass is 16.2. The van der Waals surface area contributed by atoms with Gasteiger partial charge in [-0.3, -0.25) is 9.59 Å². The summed E-state index contributed by atoms with van der Waals surface area (Å²) in [5.41, 5.74) is 3.71. The predicted molar refractivity (Wildman–Crippen MR) is 108 cm³/mol. The molecular weight excluding hydrogens is 354 g/mol. The number of likely N-dealkylation sites (N-methyl/N-ethyl adjacent to an activating group) is 1. The van der Waals surface area contributed by atoms with Gasteiger partial charge in [0.1, 0.15) is 5.82 Å². The zero-order valence-corrected chi connectivity index (χ0v) is 16.0.